The van der Waals surface area contributed by atoms with Crippen LogP contribution in [0.5, 0.6) is 0 Å². The molecule has 3 atom stereocenters. The Hall–Kier alpha value is -0.200. The first-order chi connectivity index (χ1) is 8.43. The Labute approximate surface area is 110 Å². The molecule has 1 fully saturated rings. The molecular weight excluding hydrogens is 234 g/mol. The summed E-state index contributed by atoms with van der Waals surface area (Å²) in [5.74, 6) is 0. The second-order valence-corrected chi connectivity index (χ2v) is 5.59. The highest BCUT2D eigenvalue weighted by Gasteiger charge is 2.29. The van der Waals surface area contributed by atoms with E-state index in [9.17, 15) is 10.2 Å². The third-order valence-corrected chi connectivity index (χ3v) is 3.20. The average Bonchev–Trinajstić information content (AvgIpc) is 2.25. The lowest BCUT2D eigenvalue weighted by atomic mass is 9.95. The summed E-state index contributed by atoms with van der Waals surface area (Å²) in [5, 5.41) is 19.9. The highest BCUT2D eigenvalue weighted by molar-refractivity contribution is 4.83. The van der Waals surface area contributed by atoms with Gasteiger partial charge in [-0.2, -0.15) is 0 Å². The Bertz CT molecular complexity index is 235. The van der Waals surface area contributed by atoms with Gasteiger partial charge in [0.2, 0.25) is 0 Å². The van der Waals surface area contributed by atoms with Gasteiger partial charge in [0.25, 0.3) is 0 Å². The number of ether oxygens (including phenoxy) is 2. The van der Waals surface area contributed by atoms with Crippen LogP contribution in [0.15, 0.2) is 0 Å². The lowest BCUT2D eigenvalue weighted by Crippen LogP contribution is -2.49. The maximum atomic E-state index is 9.97. The van der Waals surface area contributed by atoms with Gasteiger partial charge in [0.1, 0.15) is 0 Å². The van der Waals surface area contributed by atoms with Crippen molar-refractivity contribution in [2.24, 2.45) is 0 Å². The zero-order chi connectivity index (χ0) is 13.6. The molecule has 0 spiro atoms. The monoisotopic (exact) mass is 261 g/mol. The number of rotatable bonds is 7. The predicted molar refractivity (Wildman–Crippen MR) is 69.6 cm³/mol. The molecule has 1 saturated heterocycles. The van der Waals surface area contributed by atoms with Gasteiger partial charge in [0, 0.05) is 20.2 Å². The molecule has 3 unspecified atom stereocenters. The number of hydrogen-bond donors (Lipinski definition) is 2. The zero-order valence-corrected chi connectivity index (χ0v) is 11.8. The molecule has 0 aromatic heterocycles. The van der Waals surface area contributed by atoms with Crippen LogP contribution in [-0.4, -0.2) is 72.9 Å². The summed E-state index contributed by atoms with van der Waals surface area (Å²) in [6, 6.07) is 0. The lowest BCUT2D eigenvalue weighted by Gasteiger charge is -2.37. The molecule has 1 aliphatic rings. The second-order valence-electron chi connectivity index (χ2n) is 5.59. The summed E-state index contributed by atoms with van der Waals surface area (Å²) in [6.45, 7) is 6.72. The molecule has 1 rings (SSSR count). The van der Waals surface area contributed by atoms with Gasteiger partial charge < -0.3 is 19.7 Å². The van der Waals surface area contributed by atoms with Crippen LogP contribution in [0.4, 0.5) is 0 Å². The average molecular weight is 261 g/mol. The van der Waals surface area contributed by atoms with Crippen LogP contribution >= 0.6 is 0 Å². The Morgan fingerprint density at radius 2 is 2.11 bits per heavy atom. The van der Waals surface area contributed by atoms with Crippen molar-refractivity contribution in [3.63, 3.8) is 0 Å². The van der Waals surface area contributed by atoms with E-state index in [-0.39, 0.29) is 6.10 Å². The number of β-amino-alcohol motifs (C(OH)–C–C–N with tert-alkyl or cyclic N) is 2. The van der Waals surface area contributed by atoms with E-state index < -0.39 is 11.7 Å². The van der Waals surface area contributed by atoms with E-state index in [0.717, 1.165) is 19.4 Å². The third-order valence-electron chi connectivity index (χ3n) is 3.20. The van der Waals surface area contributed by atoms with Gasteiger partial charge in [-0.25, -0.2) is 0 Å². The molecule has 1 heterocycles. The van der Waals surface area contributed by atoms with Crippen molar-refractivity contribution < 1.29 is 19.7 Å². The molecule has 0 radical (unpaired) electrons. The molecule has 5 heteroatoms. The maximum absolute atomic E-state index is 9.97. The minimum Gasteiger partial charge on any atom is -0.389 e. The highest BCUT2D eigenvalue weighted by Crippen LogP contribution is 2.20. The fourth-order valence-electron chi connectivity index (χ4n) is 2.39. The Morgan fingerprint density at radius 1 is 1.39 bits per heavy atom. The van der Waals surface area contributed by atoms with Gasteiger partial charge in [0.15, 0.2) is 0 Å². The molecule has 0 aliphatic carbocycles. The Kier molecular flexibility index (Phi) is 6.52. The first-order valence-corrected chi connectivity index (χ1v) is 6.66. The summed E-state index contributed by atoms with van der Waals surface area (Å²) in [6.07, 6.45) is 1.29. The third kappa shape index (κ3) is 6.11. The number of likely N-dealkylation sites (tertiary alicyclic amines) is 1. The van der Waals surface area contributed by atoms with Crippen LogP contribution in [0.3, 0.4) is 0 Å². The summed E-state index contributed by atoms with van der Waals surface area (Å²) in [7, 11) is 1.63. The summed E-state index contributed by atoms with van der Waals surface area (Å²) >= 11 is 0. The molecular formula is C13H27NO4. The fraction of sp³-hybridized carbons (Fsp3) is 1.00. The van der Waals surface area contributed by atoms with Crippen molar-refractivity contribution in [1.82, 2.24) is 4.90 Å². The number of aliphatic hydroxyl groups excluding tert-OH is 1. The minimum atomic E-state index is -0.623. The van der Waals surface area contributed by atoms with Crippen molar-refractivity contribution in [2.75, 3.05) is 40.0 Å². The fourth-order valence-corrected chi connectivity index (χ4v) is 2.39. The van der Waals surface area contributed by atoms with E-state index >= 15 is 0 Å². The van der Waals surface area contributed by atoms with E-state index in [1.54, 1.807) is 7.11 Å². The minimum absolute atomic E-state index is 0.00545. The molecule has 0 aromatic carbocycles. The summed E-state index contributed by atoms with van der Waals surface area (Å²) < 4.78 is 10.4. The number of aliphatic hydroxyl groups is 2. The van der Waals surface area contributed by atoms with Crippen LogP contribution in [0, 0.1) is 0 Å². The van der Waals surface area contributed by atoms with E-state index in [4.69, 9.17) is 9.47 Å². The Morgan fingerprint density at radius 3 is 2.72 bits per heavy atom. The number of nitrogens with zero attached hydrogens (tertiary/aromatic N) is 1. The number of hydrogen-bond acceptors (Lipinski definition) is 5. The van der Waals surface area contributed by atoms with E-state index in [2.05, 4.69) is 4.90 Å². The van der Waals surface area contributed by atoms with Gasteiger partial charge in [-0.05, 0) is 33.2 Å². The summed E-state index contributed by atoms with van der Waals surface area (Å²) in [4.78, 5) is 2.10. The summed E-state index contributed by atoms with van der Waals surface area (Å²) in [5.41, 5.74) is -0.623. The topological polar surface area (TPSA) is 62.2 Å². The molecule has 1 aliphatic heterocycles. The number of methoxy groups -OCH3 is 1. The largest absolute Gasteiger partial charge is 0.389 e. The van der Waals surface area contributed by atoms with Crippen molar-refractivity contribution >= 4 is 0 Å². The SMILES string of the molecule is COCC(C)OCC(O)CN1CCCC(C)(O)C1. The maximum Gasteiger partial charge on any atom is 0.0900 e. The van der Waals surface area contributed by atoms with Crippen molar-refractivity contribution in [2.45, 2.75) is 44.5 Å². The van der Waals surface area contributed by atoms with Gasteiger partial charge in [0.05, 0.1) is 31.0 Å². The Balaban J connectivity index is 2.21. The van der Waals surface area contributed by atoms with Crippen LogP contribution < -0.4 is 0 Å². The molecule has 5 nitrogen and oxygen atoms in total. The second kappa shape index (κ2) is 7.40. The van der Waals surface area contributed by atoms with Gasteiger partial charge in [-0.1, -0.05) is 0 Å². The van der Waals surface area contributed by atoms with E-state index in [0.29, 0.717) is 26.3 Å². The molecule has 18 heavy (non-hydrogen) atoms. The van der Waals surface area contributed by atoms with E-state index in [1.165, 1.54) is 0 Å². The standard InChI is InChI=1S/C13H27NO4/c1-11(8-17-3)18-9-12(15)7-14-6-4-5-13(2,16)10-14/h11-12,15-16H,4-10H2,1-3H3. The normalized spacial score (nSPS) is 29.2. The van der Waals surface area contributed by atoms with Gasteiger partial charge in [-0.3, -0.25) is 4.90 Å². The first kappa shape index (κ1) is 15.9. The van der Waals surface area contributed by atoms with Crippen molar-refractivity contribution in [1.29, 1.82) is 0 Å². The zero-order valence-electron chi connectivity index (χ0n) is 11.8. The molecule has 0 saturated carbocycles. The molecule has 0 aromatic rings. The quantitative estimate of drug-likeness (QED) is 0.688. The highest BCUT2D eigenvalue weighted by atomic mass is 16.5. The van der Waals surface area contributed by atoms with Crippen LogP contribution in [-0.2, 0) is 9.47 Å². The smallest absolute Gasteiger partial charge is 0.0900 e. The van der Waals surface area contributed by atoms with Crippen LogP contribution in [0.1, 0.15) is 26.7 Å². The van der Waals surface area contributed by atoms with Crippen LogP contribution in [0.25, 0.3) is 0 Å². The van der Waals surface area contributed by atoms with Gasteiger partial charge in [-0.15, -0.1) is 0 Å². The molecule has 0 bridgehead atoms. The van der Waals surface area contributed by atoms with Crippen LogP contribution in [0.2, 0.25) is 0 Å². The van der Waals surface area contributed by atoms with Gasteiger partial charge >= 0.3 is 0 Å². The lowest BCUT2D eigenvalue weighted by molar-refractivity contribution is -0.0589. The van der Waals surface area contributed by atoms with Crippen molar-refractivity contribution in [3.05, 3.63) is 0 Å². The molecule has 2 N–H and O–H groups in total. The molecule has 108 valence electrons. The van der Waals surface area contributed by atoms with Crippen molar-refractivity contribution in [3.8, 4) is 0 Å². The predicted octanol–water partition coefficient (Wildman–Crippen LogP) is 0.246. The molecule has 0 amide bonds. The van der Waals surface area contributed by atoms with E-state index in [1.807, 2.05) is 13.8 Å². The number of piperidine rings is 1. The first-order valence-electron chi connectivity index (χ1n) is 6.66.